The van der Waals surface area contributed by atoms with E-state index in [1.54, 1.807) is 4.90 Å². The Hall–Kier alpha value is -2.69. The molecule has 3 rings (SSSR count). The minimum Gasteiger partial charge on any atom is -0.508 e. The van der Waals surface area contributed by atoms with Crippen LogP contribution in [-0.4, -0.2) is 27.6 Å². The number of hydrogen-bond acceptors (Lipinski definition) is 4. The molecule has 2 aromatic rings. The van der Waals surface area contributed by atoms with E-state index >= 15 is 0 Å². The summed E-state index contributed by atoms with van der Waals surface area (Å²) < 4.78 is 0. The lowest BCUT2D eigenvalue weighted by Crippen LogP contribution is -2.35. The van der Waals surface area contributed by atoms with E-state index in [0.29, 0.717) is 18.8 Å². The first-order valence-electron chi connectivity index (χ1n) is 6.72. The minimum atomic E-state index is -0.214. The fourth-order valence-corrected chi connectivity index (χ4v) is 2.65. The average Bonchev–Trinajstić information content (AvgIpc) is 2.44. The van der Waals surface area contributed by atoms with Crippen molar-refractivity contribution in [1.29, 1.82) is 0 Å². The molecule has 5 heteroatoms. The van der Waals surface area contributed by atoms with E-state index in [1.165, 1.54) is 23.8 Å². The van der Waals surface area contributed by atoms with Crippen LogP contribution in [0.2, 0.25) is 0 Å². The van der Waals surface area contributed by atoms with Crippen LogP contribution in [0.15, 0.2) is 36.4 Å². The maximum atomic E-state index is 12.5. The second-order valence-corrected chi connectivity index (χ2v) is 5.24. The number of carbonyl (C=O) groups is 1. The van der Waals surface area contributed by atoms with Gasteiger partial charge in [0.1, 0.15) is 11.5 Å². The molecule has 0 fully saturated rings. The van der Waals surface area contributed by atoms with Gasteiger partial charge in [0.2, 0.25) is 0 Å². The van der Waals surface area contributed by atoms with Crippen LogP contribution in [0.25, 0.3) is 0 Å². The molecule has 2 aromatic carbocycles. The van der Waals surface area contributed by atoms with E-state index in [9.17, 15) is 15.0 Å². The highest BCUT2D eigenvalue weighted by atomic mass is 16.3. The van der Waals surface area contributed by atoms with Gasteiger partial charge < -0.3 is 20.8 Å². The quantitative estimate of drug-likeness (QED) is 0.698. The maximum absolute atomic E-state index is 12.5. The SMILES string of the molecule is Nc1ccc2c(c1)CN(C(=O)c1cc(O)cc(O)c1)CC2. The third-order valence-electron chi connectivity index (χ3n) is 3.68. The van der Waals surface area contributed by atoms with E-state index in [-0.39, 0.29) is 23.0 Å². The molecule has 0 radical (unpaired) electrons. The molecule has 5 nitrogen and oxygen atoms in total. The van der Waals surface area contributed by atoms with Crippen LogP contribution in [0.4, 0.5) is 5.69 Å². The minimum absolute atomic E-state index is 0.125. The number of benzene rings is 2. The number of rotatable bonds is 1. The van der Waals surface area contributed by atoms with Crippen molar-refractivity contribution < 1.29 is 15.0 Å². The number of nitrogens with zero attached hydrogens (tertiary/aromatic N) is 1. The van der Waals surface area contributed by atoms with Crippen molar-refractivity contribution in [2.75, 3.05) is 12.3 Å². The Morgan fingerprint density at radius 2 is 1.76 bits per heavy atom. The summed E-state index contributed by atoms with van der Waals surface area (Å²) >= 11 is 0. The van der Waals surface area contributed by atoms with Crippen LogP contribution < -0.4 is 5.73 Å². The summed E-state index contributed by atoms with van der Waals surface area (Å²) in [5.41, 5.74) is 8.98. The van der Waals surface area contributed by atoms with Gasteiger partial charge in [-0.05, 0) is 41.8 Å². The molecule has 1 aliphatic heterocycles. The summed E-state index contributed by atoms with van der Waals surface area (Å²) in [6.07, 6.45) is 0.770. The van der Waals surface area contributed by atoms with E-state index in [1.807, 2.05) is 18.2 Å². The summed E-state index contributed by atoms with van der Waals surface area (Å²) in [5, 5.41) is 19.0. The lowest BCUT2D eigenvalue weighted by atomic mass is 9.98. The fourth-order valence-electron chi connectivity index (χ4n) is 2.65. The van der Waals surface area contributed by atoms with Gasteiger partial charge in [0.15, 0.2) is 0 Å². The average molecular weight is 284 g/mol. The summed E-state index contributed by atoms with van der Waals surface area (Å²) in [4.78, 5) is 14.2. The summed E-state index contributed by atoms with van der Waals surface area (Å²) in [7, 11) is 0. The molecule has 0 saturated heterocycles. The largest absolute Gasteiger partial charge is 0.508 e. The number of amides is 1. The fraction of sp³-hybridized carbons (Fsp3) is 0.188. The predicted molar refractivity (Wildman–Crippen MR) is 79.1 cm³/mol. The Labute approximate surface area is 122 Å². The number of nitrogen functional groups attached to an aromatic ring is 1. The smallest absolute Gasteiger partial charge is 0.254 e. The third kappa shape index (κ3) is 2.63. The van der Waals surface area contributed by atoms with Gasteiger partial charge in [-0.3, -0.25) is 4.79 Å². The molecule has 0 atom stereocenters. The van der Waals surface area contributed by atoms with Crippen molar-refractivity contribution in [3.63, 3.8) is 0 Å². The van der Waals surface area contributed by atoms with Gasteiger partial charge in [-0.25, -0.2) is 0 Å². The molecule has 0 aliphatic carbocycles. The Morgan fingerprint density at radius 3 is 2.48 bits per heavy atom. The highest BCUT2D eigenvalue weighted by Gasteiger charge is 2.22. The monoisotopic (exact) mass is 284 g/mol. The van der Waals surface area contributed by atoms with E-state index in [0.717, 1.165) is 12.0 Å². The van der Waals surface area contributed by atoms with Crippen LogP contribution in [0.1, 0.15) is 21.5 Å². The van der Waals surface area contributed by atoms with Crippen molar-refractivity contribution in [1.82, 2.24) is 4.90 Å². The molecule has 21 heavy (non-hydrogen) atoms. The van der Waals surface area contributed by atoms with Crippen LogP contribution in [0.3, 0.4) is 0 Å². The second kappa shape index (κ2) is 5.01. The Morgan fingerprint density at radius 1 is 1.05 bits per heavy atom. The molecule has 0 bridgehead atoms. The number of fused-ring (bicyclic) bond motifs is 1. The molecular weight excluding hydrogens is 268 g/mol. The second-order valence-electron chi connectivity index (χ2n) is 5.24. The number of hydrogen-bond donors (Lipinski definition) is 3. The van der Waals surface area contributed by atoms with Crippen molar-refractivity contribution in [3.05, 3.63) is 53.1 Å². The first kappa shape index (κ1) is 13.3. The zero-order valence-electron chi connectivity index (χ0n) is 11.4. The van der Waals surface area contributed by atoms with Crippen LogP contribution in [-0.2, 0) is 13.0 Å². The first-order chi connectivity index (χ1) is 10.0. The molecule has 4 N–H and O–H groups in total. The van der Waals surface area contributed by atoms with E-state index in [4.69, 9.17) is 5.73 Å². The first-order valence-corrected chi connectivity index (χ1v) is 6.72. The highest BCUT2D eigenvalue weighted by Crippen LogP contribution is 2.25. The molecule has 1 aliphatic rings. The van der Waals surface area contributed by atoms with Gasteiger partial charge in [-0.1, -0.05) is 6.07 Å². The standard InChI is InChI=1S/C16H16N2O3/c17-13-2-1-10-3-4-18(9-12(10)5-13)16(21)11-6-14(19)8-15(20)7-11/h1-2,5-8,19-20H,3-4,9,17H2. The predicted octanol–water partition coefficient (Wildman–Crippen LogP) is 1.88. The normalized spacial score (nSPS) is 13.8. The van der Waals surface area contributed by atoms with Gasteiger partial charge >= 0.3 is 0 Å². The van der Waals surface area contributed by atoms with Crippen molar-refractivity contribution in [3.8, 4) is 11.5 Å². The Bertz CT molecular complexity index is 692. The number of anilines is 1. The molecule has 0 aromatic heterocycles. The van der Waals surface area contributed by atoms with Crippen LogP contribution in [0, 0.1) is 0 Å². The molecule has 0 spiro atoms. The molecule has 0 saturated carbocycles. The zero-order chi connectivity index (χ0) is 15.0. The Kier molecular flexibility index (Phi) is 3.17. The van der Waals surface area contributed by atoms with E-state index in [2.05, 4.69) is 0 Å². The van der Waals surface area contributed by atoms with Gasteiger partial charge in [0, 0.05) is 30.4 Å². The van der Waals surface area contributed by atoms with E-state index < -0.39 is 0 Å². The Balaban J connectivity index is 1.86. The number of aromatic hydroxyl groups is 2. The number of phenols is 2. The van der Waals surface area contributed by atoms with Gasteiger partial charge in [-0.15, -0.1) is 0 Å². The summed E-state index contributed by atoms with van der Waals surface area (Å²) in [6.45, 7) is 1.09. The van der Waals surface area contributed by atoms with Crippen molar-refractivity contribution >= 4 is 11.6 Å². The van der Waals surface area contributed by atoms with Crippen LogP contribution >= 0.6 is 0 Å². The zero-order valence-corrected chi connectivity index (χ0v) is 11.4. The number of phenolic OH excluding ortho intramolecular Hbond substituents is 2. The lowest BCUT2D eigenvalue weighted by Gasteiger charge is -2.29. The van der Waals surface area contributed by atoms with Crippen molar-refractivity contribution in [2.24, 2.45) is 0 Å². The molecule has 1 heterocycles. The summed E-state index contributed by atoms with van der Waals surface area (Å²) in [6, 6.07) is 9.65. The van der Waals surface area contributed by atoms with Gasteiger partial charge in [0.05, 0.1) is 0 Å². The van der Waals surface area contributed by atoms with Gasteiger partial charge in [0.25, 0.3) is 5.91 Å². The molecular formula is C16H16N2O3. The van der Waals surface area contributed by atoms with Gasteiger partial charge in [-0.2, -0.15) is 0 Å². The number of nitrogens with two attached hydrogens (primary N) is 1. The third-order valence-corrected chi connectivity index (χ3v) is 3.68. The van der Waals surface area contributed by atoms with Crippen molar-refractivity contribution in [2.45, 2.75) is 13.0 Å². The highest BCUT2D eigenvalue weighted by molar-refractivity contribution is 5.95. The molecule has 108 valence electrons. The number of carbonyl (C=O) groups excluding carboxylic acids is 1. The molecule has 1 amide bonds. The summed E-state index contributed by atoms with van der Waals surface area (Å²) in [5.74, 6) is -0.464. The topological polar surface area (TPSA) is 86.8 Å². The molecule has 0 unspecified atom stereocenters. The lowest BCUT2D eigenvalue weighted by molar-refractivity contribution is 0.0734. The maximum Gasteiger partial charge on any atom is 0.254 e. The van der Waals surface area contributed by atoms with Crippen LogP contribution in [0.5, 0.6) is 11.5 Å².